The summed E-state index contributed by atoms with van der Waals surface area (Å²) in [5, 5.41) is 0. The number of hydrogen-bond acceptors (Lipinski definition) is 2. The molecule has 82 valence electrons. The van der Waals surface area contributed by atoms with Gasteiger partial charge in [-0.2, -0.15) is 0 Å². The van der Waals surface area contributed by atoms with Gasteiger partial charge in [-0.15, -0.1) is 0 Å². The second kappa shape index (κ2) is 5.47. The topological polar surface area (TPSA) is 29.3 Å². The third-order valence-corrected chi connectivity index (χ3v) is 3.21. The Morgan fingerprint density at radius 3 is 2.40 bits per heavy atom. The quantitative estimate of drug-likeness (QED) is 0.863. The van der Waals surface area contributed by atoms with Crippen LogP contribution in [0.15, 0.2) is 22.7 Å². The van der Waals surface area contributed by atoms with Gasteiger partial charge in [0.2, 0.25) is 0 Å². The molecule has 0 radical (unpaired) electrons. The van der Waals surface area contributed by atoms with Crippen LogP contribution in [0.4, 0.5) is 5.69 Å². The third-order valence-electron chi connectivity index (χ3n) is 2.34. The normalized spacial score (nSPS) is 10.1. The molecule has 0 unspecified atom stereocenters. The number of anilines is 1. The summed E-state index contributed by atoms with van der Waals surface area (Å²) in [5.74, 6) is 0. The molecule has 4 heteroatoms. The van der Waals surface area contributed by atoms with E-state index in [-0.39, 0.29) is 0 Å². The van der Waals surface area contributed by atoms with Crippen LogP contribution in [0.3, 0.4) is 0 Å². The molecule has 0 atom stereocenters. The lowest BCUT2D eigenvalue weighted by Crippen LogP contribution is -2.22. The maximum atomic E-state index is 5.57. The Labute approximate surface area is 105 Å². The molecule has 0 aliphatic carbocycles. The minimum Gasteiger partial charge on any atom is -0.389 e. The lowest BCUT2D eigenvalue weighted by molar-refractivity contribution is 0.864. The van der Waals surface area contributed by atoms with Crippen molar-refractivity contribution in [1.29, 1.82) is 0 Å². The van der Waals surface area contributed by atoms with E-state index in [2.05, 4.69) is 34.7 Å². The largest absolute Gasteiger partial charge is 0.389 e. The van der Waals surface area contributed by atoms with Gasteiger partial charge in [0.25, 0.3) is 0 Å². The Kier molecular flexibility index (Phi) is 4.54. The van der Waals surface area contributed by atoms with E-state index in [1.807, 2.05) is 18.2 Å². The molecule has 2 nitrogen and oxygen atoms in total. The molecule has 0 spiro atoms. The SMILES string of the molecule is CCN(CC)c1ccc(C(N)=S)cc1Br. The van der Waals surface area contributed by atoms with Crippen molar-refractivity contribution in [3.8, 4) is 0 Å². The molecule has 1 rings (SSSR count). The van der Waals surface area contributed by atoms with E-state index in [4.69, 9.17) is 18.0 Å². The molecular weight excluding hydrogens is 272 g/mol. The van der Waals surface area contributed by atoms with Gasteiger partial charge in [-0.25, -0.2) is 0 Å². The minimum absolute atomic E-state index is 0.432. The Morgan fingerprint density at radius 2 is 2.00 bits per heavy atom. The lowest BCUT2D eigenvalue weighted by Gasteiger charge is -2.22. The molecule has 1 aromatic rings. The molecule has 0 saturated carbocycles. The first-order chi connectivity index (χ1) is 7.10. The van der Waals surface area contributed by atoms with Crippen molar-refractivity contribution in [2.45, 2.75) is 13.8 Å². The Balaban J connectivity index is 3.07. The number of nitrogens with two attached hydrogens (primary N) is 1. The van der Waals surface area contributed by atoms with Gasteiger partial charge in [-0.3, -0.25) is 0 Å². The number of thiocarbonyl (C=S) groups is 1. The van der Waals surface area contributed by atoms with E-state index in [0.29, 0.717) is 4.99 Å². The van der Waals surface area contributed by atoms with E-state index in [9.17, 15) is 0 Å². The molecule has 15 heavy (non-hydrogen) atoms. The fraction of sp³-hybridized carbons (Fsp3) is 0.364. The van der Waals surface area contributed by atoms with Gasteiger partial charge >= 0.3 is 0 Å². The summed E-state index contributed by atoms with van der Waals surface area (Å²) in [6.45, 7) is 6.25. The molecule has 0 amide bonds. The zero-order valence-corrected chi connectivity index (χ0v) is 11.4. The van der Waals surface area contributed by atoms with E-state index >= 15 is 0 Å². The fourth-order valence-electron chi connectivity index (χ4n) is 1.48. The fourth-order valence-corrected chi connectivity index (χ4v) is 2.24. The van der Waals surface area contributed by atoms with Crippen LogP contribution in [-0.4, -0.2) is 18.1 Å². The van der Waals surface area contributed by atoms with Crippen molar-refractivity contribution in [2.24, 2.45) is 5.73 Å². The zero-order valence-electron chi connectivity index (χ0n) is 8.96. The van der Waals surface area contributed by atoms with Crippen LogP contribution < -0.4 is 10.6 Å². The van der Waals surface area contributed by atoms with Crippen LogP contribution in [-0.2, 0) is 0 Å². The standard InChI is InChI=1S/C11H15BrN2S/c1-3-14(4-2)10-6-5-8(11(13)15)7-9(10)12/h5-7H,3-4H2,1-2H3,(H2,13,15). The van der Waals surface area contributed by atoms with E-state index < -0.39 is 0 Å². The number of benzene rings is 1. The van der Waals surface area contributed by atoms with E-state index in [1.54, 1.807) is 0 Å². The first kappa shape index (κ1) is 12.5. The van der Waals surface area contributed by atoms with E-state index in [1.165, 1.54) is 5.69 Å². The van der Waals surface area contributed by atoms with Crippen molar-refractivity contribution < 1.29 is 0 Å². The summed E-state index contributed by atoms with van der Waals surface area (Å²) in [4.78, 5) is 2.70. The summed E-state index contributed by atoms with van der Waals surface area (Å²) in [6, 6.07) is 5.97. The third kappa shape index (κ3) is 2.92. The molecule has 0 bridgehead atoms. The summed E-state index contributed by atoms with van der Waals surface area (Å²) >= 11 is 8.47. The predicted octanol–water partition coefficient (Wildman–Crippen LogP) is 2.93. The zero-order chi connectivity index (χ0) is 11.4. The van der Waals surface area contributed by atoms with Crippen molar-refractivity contribution in [1.82, 2.24) is 0 Å². The number of nitrogens with zero attached hydrogens (tertiary/aromatic N) is 1. The summed E-state index contributed by atoms with van der Waals surface area (Å²) < 4.78 is 1.04. The monoisotopic (exact) mass is 286 g/mol. The highest BCUT2D eigenvalue weighted by Gasteiger charge is 2.07. The second-order valence-corrected chi connectivity index (χ2v) is 4.50. The van der Waals surface area contributed by atoms with Crippen LogP contribution >= 0.6 is 28.1 Å². The molecule has 0 heterocycles. The van der Waals surface area contributed by atoms with Crippen molar-refractivity contribution in [3.05, 3.63) is 28.2 Å². The molecule has 0 fully saturated rings. The maximum Gasteiger partial charge on any atom is 0.104 e. The smallest absolute Gasteiger partial charge is 0.104 e. The second-order valence-electron chi connectivity index (χ2n) is 3.20. The molecule has 0 aliphatic heterocycles. The van der Waals surface area contributed by atoms with Crippen LogP contribution in [0.2, 0.25) is 0 Å². The molecule has 0 aromatic heterocycles. The maximum absolute atomic E-state index is 5.57. The molecule has 0 saturated heterocycles. The highest BCUT2D eigenvalue weighted by Crippen LogP contribution is 2.27. The Bertz CT molecular complexity index is 362. The predicted molar refractivity (Wildman–Crippen MR) is 73.6 cm³/mol. The molecule has 1 aromatic carbocycles. The number of halogens is 1. The van der Waals surface area contributed by atoms with Gasteiger partial charge in [0, 0.05) is 23.1 Å². The van der Waals surface area contributed by atoms with Gasteiger partial charge in [0.1, 0.15) is 4.99 Å². The van der Waals surface area contributed by atoms with Crippen molar-refractivity contribution in [3.63, 3.8) is 0 Å². The highest BCUT2D eigenvalue weighted by atomic mass is 79.9. The van der Waals surface area contributed by atoms with Gasteiger partial charge in [0.05, 0.1) is 5.69 Å². The van der Waals surface area contributed by atoms with Crippen LogP contribution in [0.5, 0.6) is 0 Å². The van der Waals surface area contributed by atoms with Crippen LogP contribution in [0.25, 0.3) is 0 Å². The number of rotatable bonds is 4. The Morgan fingerprint density at radius 1 is 1.40 bits per heavy atom. The summed E-state index contributed by atoms with van der Waals surface area (Å²) in [5.41, 5.74) is 7.65. The lowest BCUT2D eigenvalue weighted by atomic mass is 10.2. The molecule has 0 aliphatic rings. The molecular formula is C11H15BrN2S. The van der Waals surface area contributed by atoms with Gasteiger partial charge in [-0.1, -0.05) is 12.2 Å². The van der Waals surface area contributed by atoms with Crippen LogP contribution in [0.1, 0.15) is 19.4 Å². The average Bonchev–Trinajstić information content (AvgIpc) is 2.21. The first-order valence-corrected chi connectivity index (χ1v) is 6.14. The summed E-state index contributed by atoms with van der Waals surface area (Å²) in [6.07, 6.45) is 0. The highest BCUT2D eigenvalue weighted by molar-refractivity contribution is 9.10. The summed E-state index contributed by atoms with van der Waals surface area (Å²) in [7, 11) is 0. The Hall–Kier alpha value is -0.610. The minimum atomic E-state index is 0.432. The van der Waals surface area contributed by atoms with Gasteiger partial charge in [-0.05, 0) is 48.0 Å². The van der Waals surface area contributed by atoms with Crippen molar-refractivity contribution in [2.75, 3.05) is 18.0 Å². The van der Waals surface area contributed by atoms with E-state index in [0.717, 1.165) is 23.1 Å². The molecule has 2 N–H and O–H groups in total. The van der Waals surface area contributed by atoms with Crippen LogP contribution in [0, 0.1) is 0 Å². The average molecular weight is 287 g/mol. The first-order valence-electron chi connectivity index (χ1n) is 4.94. The van der Waals surface area contributed by atoms with Crippen molar-refractivity contribution >= 4 is 38.8 Å². The number of hydrogen-bond donors (Lipinski definition) is 1. The van der Waals surface area contributed by atoms with Gasteiger partial charge in [0.15, 0.2) is 0 Å². The van der Waals surface area contributed by atoms with Gasteiger partial charge < -0.3 is 10.6 Å².